The van der Waals surface area contributed by atoms with Gasteiger partial charge in [-0.3, -0.25) is 0 Å². The molecule has 0 atom stereocenters. The van der Waals surface area contributed by atoms with Gasteiger partial charge in [0.15, 0.2) is 0 Å². The van der Waals surface area contributed by atoms with Gasteiger partial charge in [0, 0.05) is 39.2 Å². The van der Waals surface area contributed by atoms with E-state index in [0.717, 1.165) is 17.6 Å². The maximum absolute atomic E-state index is 6.46. The molecule has 7 aromatic carbocycles. The lowest BCUT2D eigenvalue weighted by atomic mass is 9.95. The molecule has 0 saturated carbocycles. The molecule has 0 fully saturated rings. The van der Waals surface area contributed by atoms with E-state index in [2.05, 4.69) is 150 Å². The molecular weight excluding hydrogens is 522 g/mol. The van der Waals surface area contributed by atoms with E-state index < -0.39 is 0 Å². The van der Waals surface area contributed by atoms with Gasteiger partial charge in [0.1, 0.15) is 11.2 Å². The molecule has 202 valence electrons. The Labute approximate surface area is 249 Å². The first-order valence-corrected chi connectivity index (χ1v) is 14.8. The molecule has 0 N–H and O–H groups in total. The number of aromatic nitrogens is 1. The predicted octanol–water partition coefficient (Wildman–Crippen LogP) is 11.1. The highest BCUT2D eigenvalue weighted by Gasteiger charge is 2.16. The monoisotopic (exact) mass is 549 g/mol. The number of rotatable bonds is 4. The van der Waals surface area contributed by atoms with Gasteiger partial charge in [-0.15, -0.1) is 0 Å². The van der Waals surface area contributed by atoms with Crippen molar-refractivity contribution in [1.82, 2.24) is 4.57 Å². The van der Waals surface area contributed by atoms with Crippen molar-refractivity contribution >= 4 is 54.5 Å². The Hall–Kier alpha value is -5.60. The van der Waals surface area contributed by atoms with Gasteiger partial charge in [0.25, 0.3) is 0 Å². The van der Waals surface area contributed by atoms with Crippen LogP contribution in [0.15, 0.2) is 156 Å². The fourth-order valence-electron chi connectivity index (χ4n) is 6.82. The zero-order valence-electron chi connectivity index (χ0n) is 23.5. The highest BCUT2D eigenvalue weighted by molar-refractivity contribution is 6.19. The average molecular weight is 550 g/mol. The topological polar surface area (TPSA) is 18.1 Å². The molecule has 0 radical (unpaired) electrons. The van der Waals surface area contributed by atoms with Crippen LogP contribution in [0.1, 0.15) is 11.1 Å². The van der Waals surface area contributed by atoms with Crippen LogP contribution in [-0.2, 0) is 6.42 Å². The summed E-state index contributed by atoms with van der Waals surface area (Å²) in [6, 6.07) is 54.5. The minimum atomic E-state index is 0.811. The summed E-state index contributed by atoms with van der Waals surface area (Å²) in [7, 11) is 0. The van der Waals surface area contributed by atoms with Gasteiger partial charge in [0.05, 0.1) is 11.0 Å². The Morgan fingerprint density at radius 2 is 1.16 bits per heavy atom. The summed E-state index contributed by atoms with van der Waals surface area (Å²) in [6.45, 7) is 0. The van der Waals surface area contributed by atoms with Crippen molar-refractivity contribution in [1.29, 1.82) is 0 Å². The first kappa shape index (κ1) is 24.0. The van der Waals surface area contributed by atoms with E-state index >= 15 is 0 Å². The first-order valence-electron chi connectivity index (χ1n) is 14.8. The third kappa shape index (κ3) is 3.80. The second kappa shape index (κ2) is 9.47. The fraction of sp³-hybridized carbons (Fsp3) is 0.0244. The Kier molecular flexibility index (Phi) is 5.30. The number of hydrogen-bond acceptors (Lipinski definition) is 1. The van der Waals surface area contributed by atoms with E-state index in [4.69, 9.17) is 4.42 Å². The van der Waals surface area contributed by atoms with Crippen molar-refractivity contribution in [2.75, 3.05) is 0 Å². The number of nitrogens with zero attached hydrogens (tertiary/aromatic N) is 1. The van der Waals surface area contributed by atoms with Crippen LogP contribution in [-0.4, -0.2) is 4.57 Å². The van der Waals surface area contributed by atoms with E-state index in [1.54, 1.807) is 0 Å². The molecule has 0 aliphatic rings. The maximum Gasteiger partial charge on any atom is 0.139 e. The van der Waals surface area contributed by atoms with E-state index in [1.165, 1.54) is 71.3 Å². The first-order chi connectivity index (χ1) is 21.3. The van der Waals surface area contributed by atoms with Crippen molar-refractivity contribution in [3.05, 3.63) is 163 Å². The summed E-state index contributed by atoms with van der Waals surface area (Å²) in [6.07, 6.45) is 0.811. The van der Waals surface area contributed by atoms with Crippen LogP contribution in [0.2, 0.25) is 0 Å². The smallest absolute Gasteiger partial charge is 0.139 e. The van der Waals surface area contributed by atoms with Gasteiger partial charge < -0.3 is 8.98 Å². The normalized spacial score (nSPS) is 11.8. The summed E-state index contributed by atoms with van der Waals surface area (Å²) in [5.41, 5.74) is 10.5. The third-order valence-electron chi connectivity index (χ3n) is 8.82. The summed E-state index contributed by atoms with van der Waals surface area (Å²) < 4.78 is 8.83. The van der Waals surface area contributed by atoms with Crippen LogP contribution in [0.4, 0.5) is 0 Å². The van der Waals surface area contributed by atoms with Crippen LogP contribution in [0.25, 0.3) is 71.3 Å². The van der Waals surface area contributed by atoms with E-state index in [1.807, 2.05) is 6.07 Å². The number of furan rings is 1. The summed E-state index contributed by atoms with van der Waals surface area (Å²) in [5, 5.41) is 7.41. The lowest BCUT2D eigenvalue weighted by Gasteiger charge is -2.09. The fourth-order valence-corrected chi connectivity index (χ4v) is 6.82. The van der Waals surface area contributed by atoms with Gasteiger partial charge in [-0.25, -0.2) is 0 Å². The van der Waals surface area contributed by atoms with Crippen LogP contribution >= 0.6 is 0 Å². The van der Waals surface area contributed by atoms with Crippen molar-refractivity contribution in [2.45, 2.75) is 6.42 Å². The highest BCUT2D eigenvalue weighted by atomic mass is 16.3. The molecule has 2 aromatic heterocycles. The second-order valence-electron chi connectivity index (χ2n) is 11.4. The number of hydrogen-bond donors (Lipinski definition) is 0. The SMILES string of the molecule is c1ccc(-n2c3ccccc3c3cc(-c4ccc(Cc5cc6ccccc6c6c5oc5ccccc56)cc4)ccc32)cc1. The molecule has 0 aliphatic carbocycles. The van der Waals surface area contributed by atoms with Crippen molar-refractivity contribution in [3.63, 3.8) is 0 Å². The standard InChI is InChI=1S/C41H27NO/c1-2-11-32(12-3-1)42-37-16-8-6-14-34(37)36-26-29(22-23-38(36)42)28-20-18-27(19-21-28)24-31-25-30-10-4-5-13-33(30)40-35-15-7-9-17-39(35)43-41(31)40/h1-23,25-26H,24H2. The van der Waals surface area contributed by atoms with Gasteiger partial charge in [-0.2, -0.15) is 0 Å². The molecule has 0 amide bonds. The largest absolute Gasteiger partial charge is 0.456 e. The summed E-state index contributed by atoms with van der Waals surface area (Å²) in [5.74, 6) is 0. The minimum Gasteiger partial charge on any atom is -0.456 e. The predicted molar refractivity (Wildman–Crippen MR) is 180 cm³/mol. The molecule has 0 spiro atoms. The molecular formula is C41H27NO. The Bertz CT molecular complexity index is 2460. The van der Waals surface area contributed by atoms with E-state index in [-0.39, 0.29) is 0 Å². The van der Waals surface area contributed by atoms with Gasteiger partial charge >= 0.3 is 0 Å². The average Bonchev–Trinajstić information content (AvgIpc) is 3.62. The summed E-state index contributed by atoms with van der Waals surface area (Å²) >= 11 is 0. The van der Waals surface area contributed by atoms with Crippen molar-refractivity contribution < 1.29 is 4.42 Å². The van der Waals surface area contributed by atoms with E-state index in [9.17, 15) is 0 Å². The molecule has 0 aliphatic heterocycles. The zero-order valence-corrected chi connectivity index (χ0v) is 23.5. The van der Waals surface area contributed by atoms with Crippen LogP contribution < -0.4 is 0 Å². The molecule has 0 unspecified atom stereocenters. The lowest BCUT2D eigenvalue weighted by molar-refractivity contribution is 0.664. The van der Waals surface area contributed by atoms with Crippen molar-refractivity contribution in [2.24, 2.45) is 0 Å². The number of fused-ring (bicyclic) bond motifs is 8. The molecule has 0 bridgehead atoms. The Morgan fingerprint density at radius 1 is 0.488 bits per heavy atom. The molecule has 0 saturated heterocycles. The van der Waals surface area contributed by atoms with Gasteiger partial charge in [-0.05, 0) is 69.9 Å². The number of benzene rings is 7. The molecule has 2 nitrogen and oxygen atoms in total. The highest BCUT2D eigenvalue weighted by Crippen LogP contribution is 2.38. The number of para-hydroxylation sites is 3. The van der Waals surface area contributed by atoms with Crippen LogP contribution in [0, 0.1) is 0 Å². The maximum atomic E-state index is 6.46. The minimum absolute atomic E-state index is 0.811. The summed E-state index contributed by atoms with van der Waals surface area (Å²) in [4.78, 5) is 0. The van der Waals surface area contributed by atoms with E-state index in [0.29, 0.717) is 0 Å². The second-order valence-corrected chi connectivity index (χ2v) is 11.4. The third-order valence-corrected chi connectivity index (χ3v) is 8.82. The van der Waals surface area contributed by atoms with Crippen molar-refractivity contribution in [3.8, 4) is 16.8 Å². The van der Waals surface area contributed by atoms with Gasteiger partial charge in [-0.1, -0.05) is 109 Å². The lowest BCUT2D eigenvalue weighted by Crippen LogP contribution is -1.93. The quantitative estimate of drug-likeness (QED) is 0.213. The zero-order chi connectivity index (χ0) is 28.3. The molecule has 43 heavy (non-hydrogen) atoms. The Balaban J connectivity index is 1.12. The van der Waals surface area contributed by atoms with Crippen LogP contribution in [0.5, 0.6) is 0 Å². The van der Waals surface area contributed by atoms with Crippen LogP contribution in [0.3, 0.4) is 0 Å². The Morgan fingerprint density at radius 3 is 2.02 bits per heavy atom. The molecule has 2 heterocycles. The molecule has 9 rings (SSSR count). The molecule has 9 aromatic rings. The molecule has 2 heteroatoms. The van der Waals surface area contributed by atoms with Gasteiger partial charge in [0.2, 0.25) is 0 Å².